The molecule has 0 aliphatic heterocycles. The second kappa shape index (κ2) is 9.41. The summed E-state index contributed by atoms with van der Waals surface area (Å²) in [6.45, 7) is 9.53. The first-order valence-electron chi connectivity index (χ1n) is 9.32. The maximum atomic E-state index is 6.83. The number of rotatable bonds is 8. The molecule has 2 atom stereocenters. The van der Waals surface area contributed by atoms with E-state index in [0.29, 0.717) is 6.61 Å². The summed E-state index contributed by atoms with van der Waals surface area (Å²) in [5.41, 5.74) is 0. The lowest BCUT2D eigenvalue weighted by molar-refractivity contribution is 0.287. The number of benzene rings is 2. The zero-order valence-electron chi connectivity index (χ0n) is 16.2. The van der Waals surface area contributed by atoms with Crippen molar-refractivity contribution in [1.82, 2.24) is 0 Å². The van der Waals surface area contributed by atoms with Crippen molar-refractivity contribution < 1.29 is 4.43 Å². The van der Waals surface area contributed by atoms with Crippen molar-refractivity contribution in [2.75, 3.05) is 6.61 Å². The van der Waals surface area contributed by atoms with Gasteiger partial charge in [-0.2, -0.15) is 0 Å². The van der Waals surface area contributed by atoms with Crippen LogP contribution < -0.4 is 10.4 Å². The fourth-order valence-corrected chi connectivity index (χ4v) is 8.38. The summed E-state index contributed by atoms with van der Waals surface area (Å²) in [4.78, 5) is 0. The molecular formula is C22H30Cl2OSi. The number of alkyl halides is 2. The van der Waals surface area contributed by atoms with E-state index >= 15 is 0 Å². The van der Waals surface area contributed by atoms with Crippen molar-refractivity contribution in [2.24, 2.45) is 0 Å². The molecule has 0 unspecified atom stereocenters. The first-order valence-corrected chi connectivity index (χ1v) is 12.1. The molecule has 0 amide bonds. The normalized spacial score (nSPS) is 14.8. The molecule has 1 nitrogen and oxygen atoms in total. The highest BCUT2D eigenvalue weighted by Crippen LogP contribution is 2.36. The van der Waals surface area contributed by atoms with Gasteiger partial charge in [0.25, 0.3) is 8.32 Å². The lowest BCUT2D eigenvalue weighted by atomic mass is 10.2. The van der Waals surface area contributed by atoms with Gasteiger partial charge in [-0.05, 0) is 35.2 Å². The minimum atomic E-state index is -2.42. The first-order chi connectivity index (χ1) is 12.3. The fourth-order valence-electron chi connectivity index (χ4n) is 3.49. The molecule has 0 saturated carbocycles. The Bertz CT molecular complexity index is 613. The molecule has 2 aromatic rings. The Kier molecular flexibility index (Phi) is 7.78. The van der Waals surface area contributed by atoms with Crippen LogP contribution in [0.2, 0.25) is 5.04 Å². The lowest BCUT2D eigenvalue weighted by Gasteiger charge is -2.43. The van der Waals surface area contributed by atoms with Crippen LogP contribution in [0.1, 0.15) is 40.5 Å². The van der Waals surface area contributed by atoms with Crippen LogP contribution in [0.4, 0.5) is 0 Å². The molecule has 0 aromatic heterocycles. The van der Waals surface area contributed by atoms with Crippen LogP contribution >= 0.6 is 23.2 Å². The molecule has 0 heterocycles. The average Bonchev–Trinajstić information content (AvgIpc) is 2.62. The molecule has 4 heteroatoms. The highest BCUT2D eigenvalue weighted by molar-refractivity contribution is 6.99. The van der Waals surface area contributed by atoms with Crippen LogP contribution in [0.3, 0.4) is 0 Å². The van der Waals surface area contributed by atoms with Crippen LogP contribution in [0.15, 0.2) is 60.7 Å². The Morgan fingerprint density at radius 3 is 1.73 bits per heavy atom. The van der Waals surface area contributed by atoms with Gasteiger partial charge in [0.05, 0.1) is 0 Å². The molecule has 2 rings (SSSR count). The molecule has 0 saturated heterocycles. The highest BCUT2D eigenvalue weighted by Gasteiger charge is 2.49. The summed E-state index contributed by atoms with van der Waals surface area (Å²) in [5, 5.41) is 2.60. The number of hydrogen-bond acceptors (Lipinski definition) is 1. The maximum absolute atomic E-state index is 6.83. The maximum Gasteiger partial charge on any atom is 0.261 e. The molecule has 0 fully saturated rings. The van der Waals surface area contributed by atoms with Gasteiger partial charge in [0.2, 0.25) is 0 Å². The van der Waals surface area contributed by atoms with Gasteiger partial charge in [-0.1, -0.05) is 81.4 Å². The van der Waals surface area contributed by atoms with E-state index in [-0.39, 0.29) is 15.8 Å². The summed E-state index contributed by atoms with van der Waals surface area (Å²) in [5.74, 6) is 0. The predicted octanol–water partition coefficient (Wildman–Crippen LogP) is 5.58. The summed E-state index contributed by atoms with van der Waals surface area (Å²) in [6, 6.07) is 21.4. The minimum absolute atomic E-state index is 0.00977. The van der Waals surface area contributed by atoms with Gasteiger partial charge in [-0.25, -0.2) is 0 Å². The smallest absolute Gasteiger partial charge is 0.261 e. The molecule has 0 bridgehead atoms. The number of hydrogen-bond donors (Lipinski definition) is 0. The Morgan fingerprint density at radius 2 is 1.35 bits per heavy atom. The Morgan fingerprint density at radius 1 is 0.885 bits per heavy atom. The van der Waals surface area contributed by atoms with E-state index in [1.54, 1.807) is 0 Å². The van der Waals surface area contributed by atoms with Gasteiger partial charge < -0.3 is 4.43 Å². The molecule has 2 aromatic carbocycles. The van der Waals surface area contributed by atoms with Gasteiger partial charge in [-0.15, -0.1) is 23.2 Å². The van der Waals surface area contributed by atoms with E-state index in [2.05, 4.69) is 81.4 Å². The number of halogens is 2. The lowest BCUT2D eigenvalue weighted by Crippen LogP contribution is -2.66. The van der Waals surface area contributed by atoms with Crippen molar-refractivity contribution in [3.63, 3.8) is 0 Å². The third-order valence-corrected chi connectivity index (χ3v) is 10.9. The summed E-state index contributed by atoms with van der Waals surface area (Å²) < 4.78 is 6.83. The van der Waals surface area contributed by atoms with E-state index in [1.807, 2.05) is 6.92 Å². The summed E-state index contributed by atoms with van der Waals surface area (Å²) >= 11 is 12.4. The van der Waals surface area contributed by atoms with Crippen molar-refractivity contribution in [1.29, 1.82) is 0 Å². The zero-order chi connectivity index (χ0) is 19.2. The highest BCUT2D eigenvalue weighted by atomic mass is 35.5. The Hall–Kier alpha value is -0.803. The molecule has 0 radical (unpaired) electrons. The third-order valence-electron chi connectivity index (χ3n) is 4.86. The monoisotopic (exact) mass is 408 g/mol. The van der Waals surface area contributed by atoms with Crippen LogP contribution in [0.25, 0.3) is 0 Å². The van der Waals surface area contributed by atoms with Crippen LogP contribution in [-0.4, -0.2) is 25.7 Å². The molecule has 0 spiro atoms. The topological polar surface area (TPSA) is 9.23 Å². The molecule has 26 heavy (non-hydrogen) atoms. The largest absolute Gasteiger partial charge is 0.407 e. The van der Waals surface area contributed by atoms with E-state index in [4.69, 9.17) is 27.6 Å². The third kappa shape index (κ3) is 4.92. The summed E-state index contributed by atoms with van der Waals surface area (Å²) in [7, 11) is -2.42. The van der Waals surface area contributed by atoms with Gasteiger partial charge >= 0.3 is 0 Å². The molecule has 0 aliphatic rings. The second-order valence-corrected chi connectivity index (χ2v) is 13.4. The van der Waals surface area contributed by atoms with Crippen LogP contribution in [0, 0.1) is 0 Å². The second-order valence-electron chi connectivity index (χ2n) is 7.85. The molecule has 0 aliphatic carbocycles. The molecule has 142 valence electrons. The van der Waals surface area contributed by atoms with Crippen molar-refractivity contribution >= 4 is 41.9 Å². The van der Waals surface area contributed by atoms with Crippen molar-refractivity contribution in [2.45, 2.75) is 56.3 Å². The minimum Gasteiger partial charge on any atom is -0.407 e. The van der Waals surface area contributed by atoms with Crippen LogP contribution in [0.5, 0.6) is 0 Å². The van der Waals surface area contributed by atoms with Gasteiger partial charge in [0, 0.05) is 17.4 Å². The van der Waals surface area contributed by atoms with E-state index in [0.717, 1.165) is 12.8 Å². The van der Waals surface area contributed by atoms with Gasteiger partial charge in [0.15, 0.2) is 0 Å². The van der Waals surface area contributed by atoms with Crippen molar-refractivity contribution in [3.8, 4) is 0 Å². The Balaban J connectivity index is 2.35. The average molecular weight is 409 g/mol. The van der Waals surface area contributed by atoms with E-state index in [1.165, 1.54) is 10.4 Å². The Labute approximate surface area is 169 Å². The van der Waals surface area contributed by atoms with Gasteiger partial charge in [0.1, 0.15) is 0 Å². The summed E-state index contributed by atoms with van der Waals surface area (Å²) in [6.07, 6.45) is 1.78. The predicted molar refractivity (Wildman–Crippen MR) is 118 cm³/mol. The van der Waals surface area contributed by atoms with E-state index in [9.17, 15) is 0 Å². The molecular weight excluding hydrogens is 379 g/mol. The SMILES string of the molecule is C[C@H](Cl)[C@H](Cl)CCCO[Si](c1ccccc1)(c1ccccc1)C(C)(C)C. The fraction of sp³-hybridized carbons (Fsp3) is 0.455. The quantitative estimate of drug-likeness (QED) is 0.314. The molecule has 0 N–H and O–H groups in total. The zero-order valence-corrected chi connectivity index (χ0v) is 18.7. The van der Waals surface area contributed by atoms with Crippen molar-refractivity contribution in [3.05, 3.63) is 60.7 Å². The first kappa shape index (κ1) is 21.5. The van der Waals surface area contributed by atoms with E-state index < -0.39 is 8.32 Å². The van der Waals surface area contributed by atoms with Crippen LogP contribution in [-0.2, 0) is 4.43 Å². The standard InChI is InChI=1S/C22H30Cl2OSi/c1-18(23)21(24)16-11-17-25-26(22(2,3)4,19-12-7-5-8-13-19)20-14-9-6-10-15-20/h5-10,12-15,18,21H,11,16-17H2,1-4H3/t18-,21+/m0/s1. The van der Waals surface area contributed by atoms with Gasteiger partial charge in [-0.3, -0.25) is 0 Å².